The molecule has 0 aromatic rings. The number of nitrogens with zero attached hydrogens (tertiary/aromatic N) is 1. The molecule has 1 saturated heterocycles. The van der Waals surface area contributed by atoms with Crippen LogP contribution in [0.5, 0.6) is 0 Å². The SMILES string of the molecule is CCC1COCCN1C(=O)C(C(=O)O)C(C)(C)C. The Morgan fingerprint density at radius 1 is 1.44 bits per heavy atom. The van der Waals surface area contributed by atoms with Gasteiger partial charge in [0.25, 0.3) is 0 Å². The van der Waals surface area contributed by atoms with Crippen molar-refractivity contribution in [3.8, 4) is 0 Å². The van der Waals surface area contributed by atoms with E-state index in [1.807, 2.05) is 6.92 Å². The molecule has 1 fully saturated rings. The van der Waals surface area contributed by atoms with Crippen LogP contribution in [-0.4, -0.2) is 47.7 Å². The van der Waals surface area contributed by atoms with Gasteiger partial charge in [0.2, 0.25) is 5.91 Å². The number of aliphatic carboxylic acids is 1. The van der Waals surface area contributed by atoms with Crippen molar-refractivity contribution in [3.63, 3.8) is 0 Å². The lowest BCUT2D eigenvalue weighted by Gasteiger charge is -2.39. The molecule has 104 valence electrons. The van der Waals surface area contributed by atoms with Crippen LogP contribution in [0.15, 0.2) is 0 Å². The van der Waals surface area contributed by atoms with Gasteiger partial charge in [0.1, 0.15) is 5.92 Å². The van der Waals surface area contributed by atoms with Gasteiger partial charge < -0.3 is 14.7 Å². The van der Waals surface area contributed by atoms with Crippen LogP contribution in [0.25, 0.3) is 0 Å². The summed E-state index contributed by atoms with van der Waals surface area (Å²) in [7, 11) is 0. The third kappa shape index (κ3) is 3.22. The molecule has 5 heteroatoms. The van der Waals surface area contributed by atoms with Crippen molar-refractivity contribution in [2.24, 2.45) is 11.3 Å². The minimum atomic E-state index is -1.05. The van der Waals surface area contributed by atoms with Crippen LogP contribution in [0.2, 0.25) is 0 Å². The molecule has 18 heavy (non-hydrogen) atoms. The van der Waals surface area contributed by atoms with Gasteiger partial charge in [0.05, 0.1) is 19.3 Å². The second-order valence-electron chi connectivity index (χ2n) is 5.81. The van der Waals surface area contributed by atoms with Gasteiger partial charge in [-0.3, -0.25) is 9.59 Å². The van der Waals surface area contributed by atoms with Crippen molar-refractivity contribution in [2.75, 3.05) is 19.8 Å². The van der Waals surface area contributed by atoms with Crippen molar-refractivity contribution >= 4 is 11.9 Å². The third-order valence-corrected chi connectivity index (χ3v) is 3.34. The number of carbonyl (C=O) groups is 2. The largest absolute Gasteiger partial charge is 0.481 e. The van der Waals surface area contributed by atoms with Crippen LogP contribution in [0, 0.1) is 11.3 Å². The zero-order chi connectivity index (χ0) is 13.9. The van der Waals surface area contributed by atoms with Gasteiger partial charge in [0, 0.05) is 6.54 Å². The van der Waals surface area contributed by atoms with Gasteiger partial charge in [-0.15, -0.1) is 0 Å². The predicted octanol–water partition coefficient (Wildman–Crippen LogP) is 1.37. The summed E-state index contributed by atoms with van der Waals surface area (Å²) in [5.74, 6) is -2.33. The average Bonchev–Trinajstić information content (AvgIpc) is 2.26. The van der Waals surface area contributed by atoms with E-state index >= 15 is 0 Å². The Kier molecular flexibility index (Phi) is 4.73. The van der Waals surface area contributed by atoms with Gasteiger partial charge in [-0.2, -0.15) is 0 Å². The molecule has 1 aliphatic heterocycles. The maximum atomic E-state index is 12.4. The van der Waals surface area contributed by atoms with E-state index in [1.165, 1.54) is 0 Å². The van der Waals surface area contributed by atoms with Gasteiger partial charge in [-0.1, -0.05) is 27.7 Å². The zero-order valence-corrected chi connectivity index (χ0v) is 11.6. The molecule has 0 spiro atoms. The van der Waals surface area contributed by atoms with Crippen molar-refractivity contribution in [2.45, 2.75) is 40.2 Å². The molecule has 5 nitrogen and oxygen atoms in total. The zero-order valence-electron chi connectivity index (χ0n) is 11.6. The number of morpholine rings is 1. The van der Waals surface area contributed by atoms with Crippen LogP contribution in [0.1, 0.15) is 34.1 Å². The molecule has 2 atom stereocenters. The van der Waals surface area contributed by atoms with E-state index in [1.54, 1.807) is 25.7 Å². The van der Waals surface area contributed by atoms with Crippen LogP contribution in [0.3, 0.4) is 0 Å². The fourth-order valence-corrected chi connectivity index (χ4v) is 2.30. The fourth-order valence-electron chi connectivity index (χ4n) is 2.30. The van der Waals surface area contributed by atoms with E-state index in [0.717, 1.165) is 6.42 Å². The summed E-state index contributed by atoms with van der Waals surface area (Å²) in [6.07, 6.45) is 0.780. The summed E-state index contributed by atoms with van der Waals surface area (Å²) in [4.78, 5) is 25.5. The number of rotatable bonds is 3. The monoisotopic (exact) mass is 257 g/mol. The Morgan fingerprint density at radius 3 is 2.50 bits per heavy atom. The number of carbonyl (C=O) groups excluding carboxylic acids is 1. The van der Waals surface area contributed by atoms with E-state index in [-0.39, 0.29) is 11.9 Å². The molecule has 1 amide bonds. The Balaban J connectivity index is 2.91. The van der Waals surface area contributed by atoms with Crippen molar-refractivity contribution in [1.29, 1.82) is 0 Å². The second kappa shape index (κ2) is 5.69. The minimum absolute atomic E-state index is 0.00421. The molecule has 0 bridgehead atoms. The fraction of sp³-hybridized carbons (Fsp3) is 0.846. The Labute approximate surface area is 108 Å². The summed E-state index contributed by atoms with van der Waals surface area (Å²) in [6.45, 7) is 8.79. The highest BCUT2D eigenvalue weighted by atomic mass is 16.5. The van der Waals surface area contributed by atoms with Crippen LogP contribution >= 0.6 is 0 Å². The molecule has 0 saturated carbocycles. The molecule has 0 radical (unpaired) electrons. The summed E-state index contributed by atoms with van der Waals surface area (Å²) in [6, 6.07) is -0.00421. The van der Waals surface area contributed by atoms with E-state index in [0.29, 0.717) is 19.8 Å². The molecular weight excluding hydrogens is 234 g/mol. The molecule has 1 N–H and O–H groups in total. The van der Waals surface area contributed by atoms with Crippen LogP contribution in [0.4, 0.5) is 0 Å². The number of hydrogen-bond donors (Lipinski definition) is 1. The highest BCUT2D eigenvalue weighted by Crippen LogP contribution is 2.29. The molecule has 0 aromatic carbocycles. The normalized spacial score (nSPS) is 22.7. The molecule has 1 aliphatic rings. The maximum absolute atomic E-state index is 12.4. The molecular formula is C13H23NO4. The van der Waals surface area contributed by atoms with E-state index < -0.39 is 17.3 Å². The molecule has 0 aromatic heterocycles. The lowest BCUT2D eigenvalue weighted by atomic mass is 9.79. The second-order valence-corrected chi connectivity index (χ2v) is 5.81. The molecule has 1 heterocycles. The van der Waals surface area contributed by atoms with Crippen LogP contribution in [-0.2, 0) is 14.3 Å². The number of amides is 1. The Bertz CT molecular complexity index is 321. The van der Waals surface area contributed by atoms with Crippen LogP contribution < -0.4 is 0 Å². The number of carboxylic acid groups (broad SMARTS) is 1. The standard InChI is InChI=1S/C13H23NO4/c1-5-9-8-18-7-6-14(9)11(15)10(12(16)17)13(2,3)4/h9-10H,5-8H2,1-4H3,(H,16,17). The van der Waals surface area contributed by atoms with Gasteiger partial charge in [-0.05, 0) is 11.8 Å². The molecule has 0 aliphatic carbocycles. The molecule has 2 unspecified atom stereocenters. The first kappa shape index (κ1) is 15.0. The summed E-state index contributed by atoms with van der Waals surface area (Å²) in [5, 5.41) is 9.29. The summed E-state index contributed by atoms with van der Waals surface area (Å²) >= 11 is 0. The first-order chi connectivity index (χ1) is 8.29. The van der Waals surface area contributed by atoms with Crippen molar-refractivity contribution < 1.29 is 19.4 Å². The summed E-state index contributed by atoms with van der Waals surface area (Å²) < 4.78 is 5.34. The van der Waals surface area contributed by atoms with E-state index in [4.69, 9.17) is 4.74 Å². The first-order valence-corrected chi connectivity index (χ1v) is 6.40. The smallest absolute Gasteiger partial charge is 0.316 e. The quantitative estimate of drug-likeness (QED) is 0.775. The van der Waals surface area contributed by atoms with E-state index in [9.17, 15) is 14.7 Å². The predicted molar refractivity (Wildman–Crippen MR) is 67.2 cm³/mol. The van der Waals surface area contributed by atoms with Crippen molar-refractivity contribution in [1.82, 2.24) is 4.90 Å². The lowest BCUT2D eigenvalue weighted by molar-refractivity contribution is -0.160. The third-order valence-electron chi connectivity index (χ3n) is 3.34. The van der Waals surface area contributed by atoms with Crippen molar-refractivity contribution in [3.05, 3.63) is 0 Å². The first-order valence-electron chi connectivity index (χ1n) is 6.40. The number of hydrogen-bond acceptors (Lipinski definition) is 3. The average molecular weight is 257 g/mol. The van der Waals surface area contributed by atoms with Gasteiger partial charge >= 0.3 is 5.97 Å². The van der Waals surface area contributed by atoms with Gasteiger partial charge in [0.15, 0.2) is 0 Å². The summed E-state index contributed by atoms with van der Waals surface area (Å²) in [5.41, 5.74) is -0.584. The highest BCUT2D eigenvalue weighted by molar-refractivity contribution is 5.98. The lowest BCUT2D eigenvalue weighted by Crippen LogP contribution is -2.54. The van der Waals surface area contributed by atoms with Gasteiger partial charge in [-0.25, -0.2) is 0 Å². The minimum Gasteiger partial charge on any atom is -0.481 e. The molecule has 1 rings (SSSR count). The highest BCUT2D eigenvalue weighted by Gasteiger charge is 2.42. The number of carboxylic acids is 1. The van der Waals surface area contributed by atoms with E-state index in [2.05, 4.69) is 0 Å². The Morgan fingerprint density at radius 2 is 2.06 bits per heavy atom. The topological polar surface area (TPSA) is 66.8 Å². The Hall–Kier alpha value is -1.10. The maximum Gasteiger partial charge on any atom is 0.316 e. The number of ether oxygens (including phenoxy) is 1.